The number of hydrogen-bond donors (Lipinski definition) is 1. The summed E-state index contributed by atoms with van der Waals surface area (Å²) < 4.78 is 5.29. The second-order valence-electron chi connectivity index (χ2n) is 5.17. The van der Waals surface area contributed by atoms with Gasteiger partial charge in [-0.05, 0) is 12.8 Å². The quantitative estimate of drug-likeness (QED) is 0.925. The Labute approximate surface area is 127 Å². The van der Waals surface area contributed by atoms with Crippen LogP contribution in [0.3, 0.4) is 0 Å². The number of rotatable bonds is 4. The third-order valence-corrected chi connectivity index (χ3v) is 5.66. The highest BCUT2D eigenvalue weighted by atomic mass is 32.1. The molecule has 0 radical (unpaired) electrons. The minimum atomic E-state index is 0.538. The topological polar surface area (TPSA) is 61.0 Å². The molecule has 2 N–H and O–H groups in total. The van der Waals surface area contributed by atoms with Crippen molar-refractivity contribution in [3.63, 3.8) is 0 Å². The van der Waals surface area contributed by atoms with Crippen LogP contribution >= 0.6 is 22.7 Å². The summed E-state index contributed by atoms with van der Waals surface area (Å²) in [6.45, 7) is 0.538. The van der Waals surface area contributed by atoms with E-state index >= 15 is 0 Å². The molecule has 2 heterocycles. The third-order valence-electron chi connectivity index (χ3n) is 3.70. The first kappa shape index (κ1) is 14.0. The van der Waals surface area contributed by atoms with Crippen LogP contribution in [-0.2, 0) is 11.3 Å². The number of hydrogen-bond acceptors (Lipinski definition) is 6. The van der Waals surface area contributed by atoms with Crippen molar-refractivity contribution in [1.82, 2.24) is 9.97 Å². The molecular formula is C14H19N3OS2. The first-order valence-electron chi connectivity index (χ1n) is 6.98. The lowest BCUT2D eigenvalue weighted by Crippen LogP contribution is -2.04. The number of ether oxygens (including phenoxy) is 1. The highest BCUT2D eigenvalue weighted by Crippen LogP contribution is 2.40. The normalized spacial score (nSPS) is 16.6. The number of anilines is 1. The maximum atomic E-state index is 5.75. The van der Waals surface area contributed by atoms with E-state index in [9.17, 15) is 0 Å². The van der Waals surface area contributed by atoms with Crippen LogP contribution in [0.2, 0.25) is 0 Å². The number of nitrogens with zero attached hydrogens (tertiary/aromatic N) is 2. The van der Waals surface area contributed by atoms with Gasteiger partial charge in [0.25, 0.3) is 0 Å². The van der Waals surface area contributed by atoms with Crippen LogP contribution in [-0.4, -0.2) is 17.1 Å². The van der Waals surface area contributed by atoms with E-state index in [1.54, 1.807) is 18.4 Å². The number of methoxy groups -OCH3 is 1. The van der Waals surface area contributed by atoms with Crippen LogP contribution in [0.5, 0.6) is 0 Å². The summed E-state index contributed by atoms with van der Waals surface area (Å²) in [6.07, 6.45) is 6.53. The highest BCUT2D eigenvalue weighted by Gasteiger charge is 2.22. The molecule has 0 saturated heterocycles. The molecule has 0 atom stereocenters. The lowest BCUT2D eigenvalue weighted by molar-refractivity contribution is 0.182. The fourth-order valence-electron chi connectivity index (χ4n) is 2.72. The van der Waals surface area contributed by atoms with Crippen LogP contribution < -0.4 is 5.73 Å². The molecule has 1 saturated carbocycles. The third kappa shape index (κ3) is 2.87. The van der Waals surface area contributed by atoms with Gasteiger partial charge >= 0.3 is 0 Å². The summed E-state index contributed by atoms with van der Waals surface area (Å²) in [7, 11) is 1.71. The van der Waals surface area contributed by atoms with Gasteiger partial charge in [0.2, 0.25) is 0 Å². The standard InChI is InChI=1S/C14H19N3OS2/c1-18-7-10-12(11-8-19-14(15)17-11)20-13(16-10)9-5-3-2-4-6-9/h8-9H,2-7H2,1H3,(H2,15,17). The zero-order valence-electron chi connectivity index (χ0n) is 11.6. The number of thiazole rings is 2. The van der Waals surface area contributed by atoms with Crippen molar-refractivity contribution in [3.8, 4) is 10.6 Å². The van der Waals surface area contributed by atoms with E-state index in [2.05, 4.69) is 4.98 Å². The van der Waals surface area contributed by atoms with Gasteiger partial charge in [-0.1, -0.05) is 19.3 Å². The molecule has 2 aromatic heterocycles. The summed E-state index contributed by atoms with van der Waals surface area (Å²) in [5, 5.41) is 3.86. The molecule has 6 heteroatoms. The Balaban J connectivity index is 1.93. The molecule has 0 aromatic carbocycles. The summed E-state index contributed by atoms with van der Waals surface area (Å²) in [4.78, 5) is 10.3. The molecule has 2 aromatic rings. The Morgan fingerprint density at radius 1 is 1.30 bits per heavy atom. The molecule has 4 nitrogen and oxygen atoms in total. The molecule has 20 heavy (non-hydrogen) atoms. The Morgan fingerprint density at radius 2 is 2.10 bits per heavy atom. The van der Waals surface area contributed by atoms with Crippen LogP contribution in [0.4, 0.5) is 5.13 Å². The number of nitrogen functional groups attached to an aromatic ring is 1. The largest absolute Gasteiger partial charge is 0.378 e. The predicted octanol–water partition coefficient (Wildman–Crippen LogP) is 4.04. The van der Waals surface area contributed by atoms with Crippen molar-refractivity contribution in [2.24, 2.45) is 0 Å². The van der Waals surface area contributed by atoms with Crippen LogP contribution in [0.15, 0.2) is 5.38 Å². The summed E-state index contributed by atoms with van der Waals surface area (Å²) >= 11 is 3.25. The van der Waals surface area contributed by atoms with Gasteiger partial charge in [0, 0.05) is 18.4 Å². The first-order chi connectivity index (χ1) is 9.78. The SMILES string of the molecule is COCc1nc(C2CCCCC2)sc1-c1csc(N)n1. The number of nitrogens with two attached hydrogens (primary N) is 1. The molecule has 1 aliphatic carbocycles. The van der Waals surface area contributed by atoms with Crippen molar-refractivity contribution in [1.29, 1.82) is 0 Å². The molecule has 0 bridgehead atoms. The minimum Gasteiger partial charge on any atom is -0.378 e. The zero-order valence-corrected chi connectivity index (χ0v) is 13.2. The molecule has 108 valence electrons. The maximum Gasteiger partial charge on any atom is 0.180 e. The first-order valence-corrected chi connectivity index (χ1v) is 8.67. The van der Waals surface area contributed by atoms with E-state index in [-0.39, 0.29) is 0 Å². The Bertz CT molecular complexity index is 573. The molecule has 0 amide bonds. The fraction of sp³-hybridized carbons (Fsp3) is 0.571. The van der Waals surface area contributed by atoms with Crippen molar-refractivity contribution >= 4 is 27.8 Å². The average molecular weight is 309 g/mol. The van der Waals surface area contributed by atoms with E-state index in [0.29, 0.717) is 17.7 Å². The summed E-state index contributed by atoms with van der Waals surface area (Å²) in [6, 6.07) is 0. The second-order valence-corrected chi connectivity index (χ2v) is 7.09. The highest BCUT2D eigenvalue weighted by molar-refractivity contribution is 7.16. The number of aromatic nitrogens is 2. The predicted molar refractivity (Wildman–Crippen MR) is 84.2 cm³/mol. The molecular weight excluding hydrogens is 290 g/mol. The Kier molecular flexibility index (Phi) is 4.33. The lowest BCUT2D eigenvalue weighted by atomic mass is 9.90. The summed E-state index contributed by atoms with van der Waals surface area (Å²) in [5.74, 6) is 0.620. The van der Waals surface area contributed by atoms with Crippen LogP contribution in [0.25, 0.3) is 10.6 Å². The van der Waals surface area contributed by atoms with Gasteiger partial charge in [0.15, 0.2) is 5.13 Å². The maximum absolute atomic E-state index is 5.75. The molecule has 0 aliphatic heterocycles. The van der Waals surface area contributed by atoms with E-state index in [4.69, 9.17) is 15.5 Å². The van der Waals surface area contributed by atoms with Gasteiger partial charge in [0.1, 0.15) is 0 Å². The van der Waals surface area contributed by atoms with Gasteiger partial charge in [-0.2, -0.15) is 0 Å². The van der Waals surface area contributed by atoms with Crippen molar-refractivity contribution in [3.05, 3.63) is 16.1 Å². The van der Waals surface area contributed by atoms with Gasteiger partial charge in [-0.25, -0.2) is 9.97 Å². The molecule has 0 spiro atoms. The van der Waals surface area contributed by atoms with Crippen LogP contribution in [0.1, 0.15) is 48.7 Å². The van der Waals surface area contributed by atoms with Crippen molar-refractivity contribution in [2.75, 3.05) is 12.8 Å². The Morgan fingerprint density at radius 3 is 2.75 bits per heavy atom. The van der Waals surface area contributed by atoms with E-state index in [0.717, 1.165) is 16.3 Å². The molecule has 1 aliphatic rings. The van der Waals surface area contributed by atoms with Gasteiger partial charge in [0.05, 0.1) is 27.9 Å². The second kappa shape index (κ2) is 6.20. The van der Waals surface area contributed by atoms with E-state index in [1.165, 1.54) is 48.4 Å². The molecule has 1 fully saturated rings. The monoisotopic (exact) mass is 309 g/mol. The van der Waals surface area contributed by atoms with Crippen LogP contribution in [0, 0.1) is 0 Å². The van der Waals surface area contributed by atoms with E-state index < -0.39 is 0 Å². The average Bonchev–Trinajstić information content (AvgIpc) is 3.07. The zero-order chi connectivity index (χ0) is 13.9. The lowest BCUT2D eigenvalue weighted by Gasteiger charge is -2.18. The van der Waals surface area contributed by atoms with Gasteiger partial charge in [-0.15, -0.1) is 22.7 Å². The fourth-order valence-corrected chi connectivity index (χ4v) is 4.55. The van der Waals surface area contributed by atoms with Gasteiger partial charge in [-0.3, -0.25) is 0 Å². The van der Waals surface area contributed by atoms with E-state index in [1.807, 2.05) is 5.38 Å². The van der Waals surface area contributed by atoms with Crippen molar-refractivity contribution < 1.29 is 4.74 Å². The molecule has 3 rings (SSSR count). The smallest absolute Gasteiger partial charge is 0.180 e. The Hall–Kier alpha value is -0.980. The molecule has 0 unspecified atom stereocenters. The summed E-state index contributed by atoms with van der Waals surface area (Å²) in [5.41, 5.74) is 7.70. The van der Waals surface area contributed by atoms with Gasteiger partial charge < -0.3 is 10.5 Å². The van der Waals surface area contributed by atoms with Crippen molar-refractivity contribution in [2.45, 2.75) is 44.6 Å². The minimum absolute atomic E-state index is 0.538.